The molecule has 0 aromatic heterocycles. The molecular formula is C60H120O70Zn8+16. The molecule has 138 heavy (non-hydrogen) atoms. The van der Waals surface area contributed by atoms with E-state index in [0.29, 0.717) is 0 Å². The fraction of sp³-hybridized carbons (Fsp3) is 0.833. The van der Waals surface area contributed by atoms with E-state index in [9.17, 15) is 47.9 Å². The Balaban J connectivity index is -0.0000000720. The summed E-state index contributed by atoms with van der Waals surface area (Å²) in [6, 6.07) is 0. The summed E-state index contributed by atoms with van der Waals surface area (Å²) in [5.74, 6) is -17.3. The van der Waals surface area contributed by atoms with Crippen molar-refractivity contribution >= 4 is 59.7 Å². The molecule has 0 aromatic carbocycles. The number of aliphatic carboxylic acids is 10. The third kappa shape index (κ3) is 74.5. The van der Waals surface area contributed by atoms with Gasteiger partial charge >= 0.3 is 216 Å². The summed E-state index contributed by atoms with van der Waals surface area (Å²) in [5.41, 5.74) is 0. The van der Waals surface area contributed by atoms with Gasteiger partial charge in [-0.2, -0.15) is 0 Å². The Labute approximate surface area is 874 Å². The van der Waals surface area contributed by atoms with Crippen molar-refractivity contribution in [3.63, 3.8) is 0 Å². The molecule has 0 unspecified atom stereocenters. The first kappa shape index (κ1) is 178. The van der Waals surface area contributed by atoms with Crippen LogP contribution in [0.4, 0.5) is 0 Å². The van der Waals surface area contributed by atoms with E-state index in [1.165, 1.54) is 0 Å². The fourth-order valence-corrected chi connectivity index (χ4v) is 6.68. The van der Waals surface area contributed by atoms with E-state index in [1.54, 1.807) is 0 Å². The normalized spacial score (nSPS) is 19.2. The quantitative estimate of drug-likeness (QED) is 0.0252. The van der Waals surface area contributed by atoms with Crippen LogP contribution < -0.4 is 0 Å². The van der Waals surface area contributed by atoms with E-state index in [2.05, 4.69) is 0 Å². The minimum absolute atomic E-state index is 0. The Hall–Kier alpha value is -2.31. The van der Waals surface area contributed by atoms with Crippen molar-refractivity contribution in [2.75, 3.05) is 66.1 Å². The van der Waals surface area contributed by atoms with Crippen molar-refractivity contribution in [2.24, 2.45) is 0 Å². The number of hydrogen-bond donors (Lipinski definition) is 60. The van der Waals surface area contributed by atoms with Gasteiger partial charge in [0.15, 0.2) is 61.0 Å². The van der Waals surface area contributed by atoms with Gasteiger partial charge in [0.05, 0.1) is 66.1 Å². The van der Waals surface area contributed by atoms with Gasteiger partial charge in [0.1, 0.15) is 183 Å². The molecule has 0 aliphatic heterocycles. The first-order valence-corrected chi connectivity index (χ1v) is 34.7. The van der Waals surface area contributed by atoms with Gasteiger partial charge in [0, 0.05) is 0 Å². The number of aliphatic hydroxyl groups is 50. The Kier molecular flexibility index (Phi) is 125. The molecule has 0 saturated heterocycles. The summed E-state index contributed by atoms with van der Waals surface area (Å²) >= 11 is 0. The third-order valence-corrected chi connectivity index (χ3v) is 15.1. The molecule has 78 heteroatoms. The van der Waals surface area contributed by atoms with Crippen molar-refractivity contribution in [2.45, 2.75) is 244 Å². The molecule has 0 radical (unpaired) electrons. The minimum atomic E-state index is -2.20. The largest absolute Gasteiger partial charge is 2.00 e. The molecule has 0 rings (SSSR count). The summed E-state index contributed by atoms with van der Waals surface area (Å²) in [7, 11) is 0. The van der Waals surface area contributed by atoms with Crippen LogP contribution in [0.5, 0.6) is 0 Å². The predicted octanol–water partition coefficient (Wildman–Crippen LogP) is -35.0. The van der Waals surface area contributed by atoms with Crippen LogP contribution in [0.2, 0.25) is 0 Å². The number of hydrogen-bond acceptors (Lipinski definition) is 60. The maximum atomic E-state index is 10.1. The number of carboxylic acid groups (broad SMARTS) is 10. The zero-order valence-electron chi connectivity index (χ0n) is 71.7. The van der Waals surface area contributed by atoms with E-state index < -0.39 is 370 Å². The van der Waals surface area contributed by atoms with Crippen molar-refractivity contribution < 1.29 is 510 Å². The molecule has 780 valence electrons. The standard InChI is InChI=1S/10C6H12O7.8Zn/c10*7-1-2(8)3(9)4(10)5(11)6(12)13;;;;;;;;/h10*2-5,7-11H,1H2,(H,12,13);;;;;;;;/q;;;;;;;;;;8*+2/t10*2-,3-,4+,5-;;;;;;;;/m1111111111......../s1. The second-order valence-corrected chi connectivity index (χ2v) is 25.1. The van der Waals surface area contributed by atoms with Crippen LogP contribution in [0.15, 0.2) is 0 Å². The molecule has 40 atom stereocenters. The van der Waals surface area contributed by atoms with Gasteiger partial charge in [0.25, 0.3) is 0 Å². The van der Waals surface area contributed by atoms with Crippen LogP contribution >= 0.6 is 0 Å². The van der Waals surface area contributed by atoms with Crippen molar-refractivity contribution in [3.05, 3.63) is 0 Å². The monoisotopic (exact) mass is 2470 g/mol. The Morgan fingerprint density at radius 3 is 0.181 bits per heavy atom. The Morgan fingerprint density at radius 2 is 0.152 bits per heavy atom. The molecule has 0 aromatic rings. The van der Waals surface area contributed by atoms with Gasteiger partial charge < -0.3 is 306 Å². The molecule has 0 aliphatic rings. The second-order valence-electron chi connectivity index (χ2n) is 25.1. The average Bonchev–Trinajstić information content (AvgIpc) is 0.953. The van der Waals surface area contributed by atoms with Crippen molar-refractivity contribution in [1.82, 2.24) is 0 Å². The van der Waals surface area contributed by atoms with Crippen LogP contribution in [0.3, 0.4) is 0 Å². The van der Waals surface area contributed by atoms with Crippen LogP contribution in [-0.2, 0) is 204 Å². The molecule has 0 bridgehead atoms. The maximum absolute atomic E-state index is 10.1. The van der Waals surface area contributed by atoms with E-state index in [-0.39, 0.29) is 156 Å². The van der Waals surface area contributed by atoms with Crippen LogP contribution in [-0.4, -0.2) is 676 Å². The van der Waals surface area contributed by atoms with Gasteiger partial charge in [0.2, 0.25) is 0 Å². The Bertz CT molecular complexity index is 2380. The Morgan fingerprint density at radius 1 is 0.109 bits per heavy atom. The van der Waals surface area contributed by atoms with Crippen molar-refractivity contribution in [3.8, 4) is 0 Å². The topological polar surface area (TPSA) is 1380 Å². The molecule has 0 saturated carbocycles. The summed E-state index contributed by atoms with van der Waals surface area (Å²) in [6.07, 6.45) is -78.4. The summed E-state index contributed by atoms with van der Waals surface area (Å²) in [5, 5.41) is 518. The molecule has 0 heterocycles. The van der Waals surface area contributed by atoms with E-state index in [4.69, 9.17) is 306 Å². The molecule has 60 N–H and O–H groups in total. The number of carbonyl (C=O) groups is 10. The van der Waals surface area contributed by atoms with Crippen LogP contribution in [0.1, 0.15) is 0 Å². The van der Waals surface area contributed by atoms with E-state index >= 15 is 0 Å². The van der Waals surface area contributed by atoms with Gasteiger partial charge in [-0.1, -0.05) is 0 Å². The minimum Gasteiger partial charge on any atom is -0.479 e. The summed E-state index contributed by atoms with van der Waals surface area (Å²) < 4.78 is 0. The van der Waals surface area contributed by atoms with Gasteiger partial charge in [-0.15, -0.1) is 0 Å². The predicted molar refractivity (Wildman–Crippen MR) is 387 cm³/mol. The third-order valence-electron chi connectivity index (χ3n) is 15.1. The van der Waals surface area contributed by atoms with E-state index in [1.807, 2.05) is 0 Å². The van der Waals surface area contributed by atoms with E-state index in [0.717, 1.165) is 0 Å². The molecular weight excluding hydrogens is 2360 g/mol. The first-order chi connectivity index (χ1) is 59.1. The molecule has 0 amide bonds. The molecule has 70 nitrogen and oxygen atoms in total. The SMILES string of the molecule is O=C(O)[C@H](O)[C@@H](O)[C@H](O)[C@H](O)CO.O=C(O)[C@H](O)[C@@H](O)[C@H](O)[C@H](O)CO.O=C(O)[C@H](O)[C@@H](O)[C@H](O)[C@H](O)CO.O=C(O)[C@H](O)[C@@H](O)[C@H](O)[C@H](O)CO.O=C(O)[C@H](O)[C@@H](O)[C@H](O)[C@H](O)CO.O=C(O)[C@H](O)[C@@H](O)[C@H](O)[C@H](O)CO.O=C(O)[C@H](O)[C@@H](O)[C@H](O)[C@H](O)CO.O=C(O)[C@H](O)[C@@H](O)[C@H](O)[C@H](O)CO.O=C(O)[C@H](O)[C@@H](O)[C@H](O)[C@H](O)CO.O=C(O)[C@H](O)[C@@H](O)[C@H](O)[C@H](O)CO.[Zn+2].[Zn+2].[Zn+2].[Zn+2].[Zn+2].[Zn+2].[Zn+2].[Zn+2]. The number of rotatable bonds is 50. The van der Waals surface area contributed by atoms with Crippen LogP contribution in [0.25, 0.3) is 0 Å². The van der Waals surface area contributed by atoms with Gasteiger partial charge in [-0.25, -0.2) is 47.9 Å². The average molecular weight is 2480 g/mol. The maximum Gasteiger partial charge on any atom is 2.00 e. The van der Waals surface area contributed by atoms with Gasteiger partial charge in [-0.3, -0.25) is 0 Å². The zero-order valence-corrected chi connectivity index (χ0v) is 95.5. The summed E-state index contributed by atoms with van der Waals surface area (Å²) in [6.45, 7) is -8.43. The summed E-state index contributed by atoms with van der Waals surface area (Å²) in [4.78, 5) is 101. The van der Waals surface area contributed by atoms with Crippen LogP contribution in [0, 0.1) is 0 Å². The van der Waals surface area contributed by atoms with Crippen molar-refractivity contribution in [1.29, 1.82) is 0 Å². The molecule has 0 fully saturated rings. The molecule has 0 aliphatic carbocycles. The number of aliphatic hydroxyl groups excluding tert-OH is 50. The number of carboxylic acids is 10. The smallest absolute Gasteiger partial charge is 0.479 e. The first-order valence-electron chi connectivity index (χ1n) is 34.7. The zero-order chi connectivity index (χ0) is 106. The molecule has 0 spiro atoms. The second kappa shape index (κ2) is 96.8. The fourth-order valence-electron chi connectivity index (χ4n) is 6.68. The van der Waals surface area contributed by atoms with Gasteiger partial charge in [-0.05, 0) is 0 Å².